The van der Waals surface area contributed by atoms with Crippen LogP contribution in [0.3, 0.4) is 0 Å². The molecule has 0 fully saturated rings. The molecule has 1 rings (SSSR count). The Morgan fingerprint density at radius 3 is 2.44 bits per heavy atom. The largest absolute Gasteiger partial charge is 0.396 e. The van der Waals surface area contributed by atoms with Crippen LogP contribution in [0.25, 0.3) is 0 Å². The summed E-state index contributed by atoms with van der Waals surface area (Å²) in [5, 5.41) is 13.8. The quantitative estimate of drug-likeness (QED) is 0.761. The molecule has 0 bridgehead atoms. The van der Waals surface area contributed by atoms with Crippen molar-refractivity contribution >= 4 is 23.2 Å². The van der Waals surface area contributed by atoms with E-state index in [0.29, 0.717) is 22.5 Å². The van der Waals surface area contributed by atoms with Gasteiger partial charge in [0.25, 0.3) is 0 Å². The molecule has 4 heteroatoms. The van der Waals surface area contributed by atoms with Crippen LogP contribution in [-0.2, 0) is 6.54 Å². The Labute approximate surface area is 119 Å². The number of aliphatic hydroxyl groups is 1. The smallest absolute Gasteiger partial charge is 0.0465 e. The summed E-state index contributed by atoms with van der Waals surface area (Å²) in [5.74, 6) is 0.515. The normalized spacial score (nSPS) is 12.7. The zero-order valence-corrected chi connectivity index (χ0v) is 12.3. The minimum Gasteiger partial charge on any atom is -0.396 e. The molecule has 0 saturated carbocycles. The van der Waals surface area contributed by atoms with Crippen LogP contribution in [0.2, 0.25) is 10.0 Å². The van der Waals surface area contributed by atoms with Crippen molar-refractivity contribution in [3.63, 3.8) is 0 Å². The molecule has 0 amide bonds. The Morgan fingerprint density at radius 1 is 1.22 bits per heavy atom. The second kappa shape index (κ2) is 8.76. The summed E-state index contributed by atoms with van der Waals surface area (Å²) in [6, 6.07) is 5.54. The standard InChI is InChI=1S/C14H21Cl2NO/c1-2-4-11(7-8-18)9-17-10-12-13(15)5-3-6-14(12)16/h3,5-6,11,17-18H,2,4,7-10H2,1H3. The van der Waals surface area contributed by atoms with Gasteiger partial charge in [0.2, 0.25) is 0 Å². The lowest BCUT2D eigenvalue weighted by Crippen LogP contribution is -2.23. The maximum absolute atomic E-state index is 9.00. The van der Waals surface area contributed by atoms with Crippen molar-refractivity contribution < 1.29 is 5.11 Å². The van der Waals surface area contributed by atoms with Crippen molar-refractivity contribution in [2.24, 2.45) is 5.92 Å². The molecule has 0 aliphatic heterocycles. The fourth-order valence-electron chi connectivity index (χ4n) is 2.04. The van der Waals surface area contributed by atoms with E-state index in [1.165, 1.54) is 0 Å². The van der Waals surface area contributed by atoms with Crippen LogP contribution in [-0.4, -0.2) is 18.3 Å². The second-order valence-corrected chi connectivity index (χ2v) is 5.31. The third-order valence-electron chi connectivity index (χ3n) is 3.03. The first-order chi connectivity index (χ1) is 8.69. The van der Waals surface area contributed by atoms with Gasteiger partial charge in [0.15, 0.2) is 0 Å². The first-order valence-electron chi connectivity index (χ1n) is 6.43. The first-order valence-corrected chi connectivity index (χ1v) is 7.19. The van der Waals surface area contributed by atoms with E-state index in [-0.39, 0.29) is 6.61 Å². The highest BCUT2D eigenvalue weighted by molar-refractivity contribution is 6.35. The fourth-order valence-corrected chi connectivity index (χ4v) is 2.57. The van der Waals surface area contributed by atoms with Crippen molar-refractivity contribution in [1.82, 2.24) is 5.32 Å². The molecular weight excluding hydrogens is 269 g/mol. The molecule has 2 N–H and O–H groups in total. The van der Waals surface area contributed by atoms with Crippen molar-refractivity contribution in [2.45, 2.75) is 32.7 Å². The number of nitrogens with one attached hydrogen (secondary N) is 1. The van der Waals surface area contributed by atoms with Crippen LogP contribution in [0.1, 0.15) is 31.7 Å². The van der Waals surface area contributed by atoms with E-state index < -0.39 is 0 Å². The van der Waals surface area contributed by atoms with E-state index in [1.54, 1.807) is 0 Å². The molecule has 0 heterocycles. The zero-order valence-electron chi connectivity index (χ0n) is 10.8. The summed E-state index contributed by atoms with van der Waals surface area (Å²) < 4.78 is 0. The van der Waals surface area contributed by atoms with E-state index in [9.17, 15) is 0 Å². The van der Waals surface area contributed by atoms with E-state index in [2.05, 4.69) is 12.2 Å². The lowest BCUT2D eigenvalue weighted by Gasteiger charge is -2.16. The van der Waals surface area contributed by atoms with Crippen molar-refractivity contribution in [2.75, 3.05) is 13.2 Å². The van der Waals surface area contributed by atoms with Gasteiger partial charge >= 0.3 is 0 Å². The molecule has 0 radical (unpaired) electrons. The third kappa shape index (κ3) is 5.15. The number of hydrogen-bond acceptors (Lipinski definition) is 2. The van der Waals surface area contributed by atoms with E-state index in [4.69, 9.17) is 28.3 Å². The monoisotopic (exact) mass is 289 g/mol. The molecule has 0 aliphatic carbocycles. The molecule has 1 aromatic rings. The van der Waals surface area contributed by atoms with Gasteiger partial charge in [-0.1, -0.05) is 42.6 Å². The van der Waals surface area contributed by atoms with E-state index in [1.807, 2.05) is 18.2 Å². The summed E-state index contributed by atoms with van der Waals surface area (Å²) >= 11 is 12.2. The molecule has 18 heavy (non-hydrogen) atoms. The van der Waals surface area contributed by atoms with Crippen LogP contribution in [0.15, 0.2) is 18.2 Å². The zero-order chi connectivity index (χ0) is 13.4. The maximum Gasteiger partial charge on any atom is 0.0465 e. The van der Waals surface area contributed by atoms with Crippen LogP contribution in [0.4, 0.5) is 0 Å². The predicted octanol–water partition coefficient (Wildman–Crippen LogP) is 3.88. The molecule has 0 aromatic heterocycles. The number of aliphatic hydroxyl groups excluding tert-OH is 1. The number of benzene rings is 1. The number of rotatable bonds is 8. The molecule has 0 spiro atoms. The van der Waals surface area contributed by atoms with Gasteiger partial charge < -0.3 is 10.4 Å². The van der Waals surface area contributed by atoms with Crippen molar-refractivity contribution in [3.05, 3.63) is 33.8 Å². The molecule has 1 atom stereocenters. The molecule has 2 nitrogen and oxygen atoms in total. The van der Waals surface area contributed by atoms with Gasteiger partial charge in [-0.25, -0.2) is 0 Å². The molecule has 102 valence electrons. The SMILES string of the molecule is CCCC(CCO)CNCc1c(Cl)cccc1Cl. The fraction of sp³-hybridized carbons (Fsp3) is 0.571. The van der Waals surface area contributed by atoms with Crippen molar-refractivity contribution in [3.8, 4) is 0 Å². The molecular formula is C14H21Cl2NO. The van der Waals surface area contributed by atoms with Gasteiger partial charge in [0, 0.05) is 28.8 Å². The number of hydrogen-bond donors (Lipinski definition) is 2. The van der Waals surface area contributed by atoms with E-state index >= 15 is 0 Å². The highest BCUT2D eigenvalue weighted by atomic mass is 35.5. The van der Waals surface area contributed by atoms with Crippen LogP contribution >= 0.6 is 23.2 Å². The molecule has 1 unspecified atom stereocenters. The molecule has 0 aliphatic rings. The summed E-state index contributed by atoms with van der Waals surface area (Å²) in [6.45, 7) is 3.97. The van der Waals surface area contributed by atoms with Gasteiger partial charge in [-0.2, -0.15) is 0 Å². The summed E-state index contributed by atoms with van der Waals surface area (Å²) in [5.41, 5.74) is 0.945. The topological polar surface area (TPSA) is 32.3 Å². The van der Waals surface area contributed by atoms with Crippen LogP contribution in [0.5, 0.6) is 0 Å². The van der Waals surface area contributed by atoms with Gasteiger partial charge in [0.05, 0.1) is 0 Å². The first kappa shape index (κ1) is 15.8. The average Bonchev–Trinajstić information content (AvgIpc) is 2.33. The summed E-state index contributed by atoms with van der Waals surface area (Å²) in [4.78, 5) is 0. The van der Waals surface area contributed by atoms with Crippen LogP contribution in [0, 0.1) is 5.92 Å². The lowest BCUT2D eigenvalue weighted by atomic mass is 10.0. The lowest BCUT2D eigenvalue weighted by molar-refractivity contribution is 0.248. The minimum absolute atomic E-state index is 0.249. The Kier molecular flexibility index (Phi) is 7.68. The second-order valence-electron chi connectivity index (χ2n) is 4.50. The summed E-state index contributed by atoms with van der Waals surface area (Å²) in [7, 11) is 0. The van der Waals surface area contributed by atoms with Gasteiger partial charge in [0.1, 0.15) is 0 Å². The van der Waals surface area contributed by atoms with Crippen LogP contribution < -0.4 is 5.32 Å². The Bertz CT molecular complexity index is 331. The highest BCUT2D eigenvalue weighted by Crippen LogP contribution is 2.24. The minimum atomic E-state index is 0.249. The predicted molar refractivity (Wildman–Crippen MR) is 78.3 cm³/mol. The molecule has 1 aromatic carbocycles. The Balaban J connectivity index is 2.44. The van der Waals surface area contributed by atoms with Gasteiger partial charge in [-0.3, -0.25) is 0 Å². The molecule has 0 saturated heterocycles. The van der Waals surface area contributed by atoms with Gasteiger partial charge in [-0.15, -0.1) is 0 Å². The number of halogens is 2. The summed E-state index contributed by atoms with van der Waals surface area (Å²) in [6.07, 6.45) is 3.11. The van der Waals surface area contributed by atoms with Gasteiger partial charge in [-0.05, 0) is 37.4 Å². The van der Waals surface area contributed by atoms with E-state index in [0.717, 1.165) is 31.4 Å². The Hall–Kier alpha value is -0.280. The van der Waals surface area contributed by atoms with Crippen molar-refractivity contribution in [1.29, 1.82) is 0 Å². The Morgan fingerprint density at radius 2 is 1.89 bits per heavy atom. The average molecular weight is 290 g/mol. The highest BCUT2D eigenvalue weighted by Gasteiger charge is 2.09. The maximum atomic E-state index is 9.00. The third-order valence-corrected chi connectivity index (χ3v) is 3.74.